The Hall–Kier alpha value is -1.85. The van der Waals surface area contributed by atoms with Crippen LogP contribution in [0.2, 0.25) is 0 Å². The fourth-order valence-corrected chi connectivity index (χ4v) is 1.29. The Balaban J connectivity index is 1.92. The summed E-state index contributed by atoms with van der Waals surface area (Å²) in [5, 5.41) is 5.86. The lowest BCUT2D eigenvalue weighted by Crippen LogP contribution is -2.39. The second-order valence-electron chi connectivity index (χ2n) is 3.98. The van der Waals surface area contributed by atoms with Crippen molar-refractivity contribution in [1.82, 2.24) is 15.3 Å². The number of anilines is 2. The minimum atomic E-state index is -0.349. The van der Waals surface area contributed by atoms with Crippen LogP contribution < -0.4 is 16.4 Å². The molecule has 1 heterocycles. The number of carbonyl (C=O) groups is 1. The molecule has 0 saturated heterocycles. The maximum absolute atomic E-state index is 11.7. The average Bonchev–Trinajstić information content (AvgIpc) is 3.05. The molecule has 16 heavy (non-hydrogen) atoms. The van der Waals surface area contributed by atoms with E-state index in [0.717, 1.165) is 12.8 Å². The molecule has 0 aliphatic heterocycles. The minimum Gasteiger partial charge on any atom is -0.394 e. The van der Waals surface area contributed by atoms with Crippen LogP contribution in [0.25, 0.3) is 0 Å². The highest BCUT2D eigenvalue weighted by molar-refractivity contribution is 5.85. The van der Waals surface area contributed by atoms with Crippen LogP contribution in [-0.4, -0.2) is 28.0 Å². The molecule has 0 bridgehead atoms. The first kappa shape index (κ1) is 10.7. The summed E-state index contributed by atoms with van der Waals surface area (Å²) in [7, 11) is 0. The van der Waals surface area contributed by atoms with E-state index < -0.39 is 0 Å². The van der Waals surface area contributed by atoms with Gasteiger partial charge >= 0.3 is 0 Å². The molecule has 1 aromatic heterocycles. The number of nitrogen functional groups attached to an aromatic ring is 1. The van der Waals surface area contributed by atoms with Crippen LogP contribution in [0, 0.1) is 0 Å². The van der Waals surface area contributed by atoms with Gasteiger partial charge in [-0.2, -0.15) is 0 Å². The van der Waals surface area contributed by atoms with E-state index in [2.05, 4.69) is 20.6 Å². The fourth-order valence-electron chi connectivity index (χ4n) is 1.29. The van der Waals surface area contributed by atoms with Crippen LogP contribution >= 0.6 is 0 Å². The van der Waals surface area contributed by atoms with Crippen molar-refractivity contribution >= 4 is 17.4 Å². The molecule has 0 aromatic carbocycles. The Kier molecular flexibility index (Phi) is 2.89. The van der Waals surface area contributed by atoms with Gasteiger partial charge in [0.05, 0.1) is 11.9 Å². The molecule has 1 unspecified atom stereocenters. The number of aromatic nitrogens is 2. The minimum absolute atomic E-state index is 0.0273. The zero-order valence-electron chi connectivity index (χ0n) is 9.10. The molecule has 86 valence electrons. The van der Waals surface area contributed by atoms with Gasteiger partial charge in [-0.3, -0.25) is 4.79 Å². The predicted octanol–water partition coefficient (Wildman–Crippen LogP) is 0.138. The molecular formula is C10H15N5O. The van der Waals surface area contributed by atoms with E-state index in [1.807, 2.05) is 0 Å². The van der Waals surface area contributed by atoms with E-state index in [-0.39, 0.29) is 11.9 Å². The predicted molar refractivity (Wildman–Crippen MR) is 60.7 cm³/mol. The third-order valence-corrected chi connectivity index (χ3v) is 2.41. The zero-order chi connectivity index (χ0) is 11.5. The number of rotatable bonds is 4. The van der Waals surface area contributed by atoms with Crippen molar-refractivity contribution in [2.75, 3.05) is 11.1 Å². The van der Waals surface area contributed by atoms with Gasteiger partial charge < -0.3 is 16.4 Å². The molecule has 1 fully saturated rings. The highest BCUT2D eigenvalue weighted by atomic mass is 16.2. The van der Waals surface area contributed by atoms with Gasteiger partial charge in [0.2, 0.25) is 5.91 Å². The molecule has 1 atom stereocenters. The van der Waals surface area contributed by atoms with Crippen molar-refractivity contribution in [2.45, 2.75) is 31.8 Å². The van der Waals surface area contributed by atoms with Gasteiger partial charge in [-0.05, 0) is 19.8 Å². The monoisotopic (exact) mass is 221 g/mol. The van der Waals surface area contributed by atoms with Crippen molar-refractivity contribution in [3.8, 4) is 0 Å². The standard InChI is InChI=1S/C10H15N5O/c1-6(10(16)15-7-2-3-7)14-9-8(11)4-12-5-13-9/h4-7H,2-3,11H2,1H3,(H,15,16)(H,12,13,14). The number of carbonyl (C=O) groups excluding carboxylic acids is 1. The molecule has 1 aliphatic carbocycles. The summed E-state index contributed by atoms with van der Waals surface area (Å²) in [6.07, 6.45) is 5.05. The Labute approximate surface area is 93.7 Å². The molecule has 6 nitrogen and oxygen atoms in total. The second-order valence-corrected chi connectivity index (χ2v) is 3.98. The normalized spacial score (nSPS) is 16.6. The van der Waals surface area contributed by atoms with E-state index in [1.54, 1.807) is 6.92 Å². The van der Waals surface area contributed by atoms with Crippen molar-refractivity contribution in [3.05, 3.63) is 12.5 Å². The lowest BCUT2D eigenvalue weighted by molar-refractivity contribution is -0.121. The number of amides is 1. The SMILES string of the molecule is CC(Nc1ncncc1N)C(=O)NC1CC1. The van der Waals surface area contributed by atoms with Crippen LogP contribution in [0.3, 0.4) is 0 Å². The summed E-state index contributed by atoms with van der Waals surface area (Å²) in [6, 6.07) is 0.0114. The van der Waals surface area contributed by atoms with E-state index in [1.165, 1.54) is 12.5 Å². The Morgan fingerprint density at radius 3 is 3.00 bits per heavy atom. The highest BCUT2D eigenvalue weighted by Crippen LogP contribution is 2.19. The van der Waals surface area contributed by atoms with Crippen molar-refractivity contribution in [1.29, 1.82) is 0 Å². The van der Waals surface area contributed by atoms with E-state index in [0.29, 0.717) is 17.5 Å². The lowest BCUT2D eigenvalue weighted by atomic mass is 10.3. The fraction of sp³-hybridized carbons (Fsp3) is 0.500. The Bertz CT molecular complexity index is 391. The highest BCUT2D eigenvalue weighted by Gasteiger charge is 2.25. The summed E-state index contributed by atoms with van der Waals surface area (Å²) in [5.41, 5.74) is 6.10. The van der Waals surface area contributed by atoms with Crippen LogP contribution in [0.5, 0.6) is 0 Å². The number of nitrogens with zero attached hydrogens (tertiary/aromatic N) is 2. The van der Waals surface area contributed by atoms with Crippen molar-refractivity contribution in [3.63, 3.8) is 0 Å². The van der Waals surface area contributed by atoms with E-state index >= 15 is 0 Å². The molecule has 6 heteroatoms. The summed E-state index contributed by atoms with van der Waals surface area (Å²) in [5.74, 6) is 0.467. The lowest BCUT2D eigenvalue weighted by Gasteiger charge is -2.14. The summed E-state index contributed by atoms with van der Waals surface area (Å²) >= 11 is 0. The van der Waals surface area contributed by atoms with Crippen LogP contribution in [0.15, 0.2) is 12.5 Å². The number of nitrogens with two attached hydrogens (primary N) is 1. The molecule has 1 aromatic rings. The third kappa shape index (κ3) is 2.59. The average molecular weight is 221 g/mol. The maximum atomic E-state index is 11.7. The summed E-state index contributed by atoms with van der Waals surface area (Å²) in [4.78, 5) is 19.4. The van der Waals surface area contributed by atoms with Gasteiger partial charge in [0.1, 0.15) is 12.4 Å². The zero-order valence-corrected chi connectivity index (χ0v) is 9.10. The first-order valence-electron chi connectivity index (χ1n) is 5.29. The van der Waals surface area contributed by atoms with Gasteiger partial charge in [-0.1, -0.05) is 0 Å². The Morgan fingerprint density at radius 2 is 2.38 bits per heavy atom. The van der Waals surface area contributed by atoms with E-state index in [9.17, 15) is 4.79 Å². The quantitative estimate of drug-likeness (QED) is 0.672. The molecule has 0 spiro atoms. The topological polar surface area (TPSA) is 92.9 Å². The molecule has 2 rings (SSSR count). The van der Waals surface area contributed by atoms with Gasteiger partial charge in [0, 0.05) is 6.04 Å². The van der Waals surface area contributed by atoms with Gasteiger partial charge in [-0.25, -0.2) is 9.97 Å². The Morgan fingerprint density at radius 1 is 1.62 bits per heavy atom. The van der Waals surface area contributed by atoms with E-state index in [4.69, 9.17) is 5.73 Å². The molecule has 4 N–H and O–H groups in total. The van der Waals surface area contributed by atoms with Crippen LogP contribution in [0.1, 0.15) is 19.8 Å². The maximum Gasteiger partial charge on any atom is 0.242 e. The van der Waals surface area contributed by atoms with Crippen molar-refractivity contribution < 1.29 is 4.79 Å². The molecular weight excluding hydrogens is 206 g/mol. The molecule has 1 saturated carbocycles. The van der Waals surface area contributed by atoms with Gasteiger partial charge in [-0.15, -0.1) is 0 Å². The second kappa shape index (κ2) is 4.34. The first-order chi connectivity index (χ1) is 7.66. The molecule has 0 radical (unpaired) electrons. The number of hydrogen-bond acceptors (Lipinski definition) is 5. The first-order valence-corrected chi connectivity index (χ1v) is 5.29. The molecule has 1 amide bonds. The van der Waals surface area contributed by atoms with Crippen LogP contribution in [0.4, 0.5) is 11.5 Å². The largest absolute Gasteiger partial charge is 0.394 e. The van der Waals surface area contributed by atoms with Crippen molar-refractivity contribution in [2.24, 2.45) is 0 Å². The third-order valence-electron chi connectivity index (χ3n) is 2.41. The summed E-state index contributed by atoms with van der Waals surface area (Å²) in [6.45, 7) is 1.78. The van der Waals surface area contributed by atoms with Gasteiger partial charge in [0.15, 0.2) is 5.82 Å². The number of nitrogens with one attached hydrogen (secondary N) is 2. The summed E-state index contributed by atoms with van der Waals surface area (Å²) < 4.78 is 0. The molecule has 1 aliphatic rings. The van der Waals surface area contributed by atoms with Gasteiger partial charge in [0.25, 0.3) is 0 Å². The smallest absolute Gasteiger partial charge is 0.242 e. The van der Waals surface area contributed by atoms with Crippen LogP contribution in [-0.2, 0) is 4.79 Å². The number of hydrogen-bond donors (Lipinski definition) is 3.